The van der Waals surface area contributed by atoms with Crippen molar-refractivity contribution in [2.75, 3.05) is 6.54 Å². The van der Waals surface area contributed by atoms with Gasteiger partial charge in [-0.3, -0.25) is 4.79 Å². The van der Waals surface area contributed by atoms with Gasteiger partial charge in [0.25, 0.3) is 0 Å². The smallest absolute Gasteiger partial charge is 0.220 e. The lowest BCUT2D eigenvalue weighted by Gasteiger charge is -2.12. The van der Waals surface area contributed by atoms with Crippen molar-refractivity contribution in [1.29, 1.82) is 0 Å². The van der Waals surface area contributed by atoms with E-state index >= 15 is 0 Å². The average molecular weight is 427 g/mol. The Labute approximate surface area is 189 Å². The lowest BCUT2D eigenvalue weighted by atomic mass is 9.99. The first-order valence-corrected chi connectivity index (χ1v) is 11.2. The zero-order valence-corrected chi connectivity index (χ0v) is 19.3. The molecule has 0 fully saturated rings. The summed E-state index contributed by atoms with van der Waals surface area (Å²) in [7, 11) is 0. The zero-order valence-electron chi connectivity index (χ0n) is 19.3. The largest absolute Gasteiger partial charge is 0.356 e. The van der Waals surface area contributed by atoms with E-state index in [1.165, 1.54) is 16.7 Å². The van der Waals surface area contributed by atoms with Gasteiger partial charge < -0.3 is 5.32 Å². The van der Waals surface area contributed by atoms with Crippen molar-refractivity contribution in [3.8, 4) is 5.69 Å². The number of benzene rings is 2. The fourth-order valence-corrected chi connectivity index (χ4v) is 4.36. The number of rotatable bonds is 7. The van der Waals surface area contributed by atoms with Gasteiger partial charge in [-0.05, 0) is 69.4 Å². The number of carbonyl (C=O) groups excluding carboxylic acids is 1. The molecule has 1 amide bonds. The van der Waals surface area contributed by atoms with E-state index in [1.54, 1.807) is 0 Å². The molecular weight excluding hydrogens is 396 g/mol. The molecule has 164 valence electrons. The Balaban J connectivity index is 1.46. The predicted molar refractivity (Wildman–Crippen MR) is 129 cm³/mol. The van der Waals surface area contributed by atoms with E-state index < -0.39 is 0 Å². The molecule has 0 atom stereocenters. The van der Waals surface area contributed by atoms with Gasteiger partial charge in [-0.1, -0.05) is 48.0 Å². The van der Waals surface area contributed by atoms with Gasteiger partial charge in [0.15, 0.2) is 5.65 Å². The molecule has 0 unspecified atom stereocenters. The summed E-state index contributed by atoms with van der Waals surface area (Å²) < 4.78 is 1.91. The first-order valence-electron chi connectivity index (χ1n) is 11.2. The molecule has 4 aromatic rings. The number of pyridine rings is 1. The lowest BCUT2D eigenvalue weighted by Crippen LogP contribution is -2.26. The minimum absolute atomic E-state index is 0.0771. The van der Waals surface area contributed by atoms with Gasteiger partial charge in [0.1, 0.15) is 0 Å². The third-order valence-electron chi connectivity index (χ3n) is 6.00. The number of amides is 1. The van der Waals surface area contributed by atoms with Crippen LogP contribution >= 0.6 is 0 Å². The third kappa shape index (κ3) is 4.57. The summed E-state index contributed by atoms with van der Waals surface area (Å²) in [6.45, 7) is 8.90. The normalized spacial score (nSPS) is 11.1. The Kier molecular flexibility index (Phi) is 6.35. The van der Waals surface area contributed by atoms with E-state index in [-0.39, 0.29) is 5.91 Å². The van der Waals surface area contributed by atoms with Crippen molar-refractivity contribution in [3.05, 3.63) is 88.2 Å². The number of aromatic nitrogens is 3. The lowest BCUT2D eigenvalue weighted by molar-refractivity contribution is -0.121. The Hall–Kier alpha value is -3.47. The molecule has 5 nitrogen and oxygen atoms in total. The van der Waals surface area contributed by atoms with Crippen LogP contribution in [0.1, 0.15) is 40.1 Å². The van der Waals surface area contributed by atoms with Gasteiger partial charge in [0.2, 0.25) is 5.91 Å². The van der Waals surface area contributed by atoms with Crippen molar-refractivity contribution in [2.45, 2.75) is 47.0 Å². The number of hydrogen-bond acceptors (Lipinski definition) is 3. The van der Waals surface area contributed by atoms with Crippen LogP contribution in [0.4, 0.5) is 0 Å². The van der Waals surface area contributed by atoms with Gasteiger partial charge in [0.05, 0.1) is 11.4 Å². The third-order valence-corrected chi connectivity index (χ3v) is 6.00. The fraction of sp³-hybridized carbons (Fsp3) is 0.296. The molecule has 0 saturated heterocycles. The Morgan fingerprint density at radius 1 is 0.938 bits per heavy atom. The van der Waals surface area contributed by atoms with Crippen LogP contribution in [0.2, 0.25) is 0 Å². The highest BCUT2D eigenvalue weighted by Gasteiger charge is 2.18. The monoisotopic (exact) mass is 426 g/mol. The van der Waals surface area contributed by atoms with Crippen LogP contribution in [0.5, 0.6) is 0 Å². The Morgan fingerprint density at radius 3 is 2.47 bits per heavy atom. The Bertz CT molecular complexity index is 1260. The highest BCUT2D eigenvalue weighted by molar-refractivity contribution is 5.85. The standard InChI is InChI=1S/C27H30N4O/c1-18-9-8-10-22(17-18)15-16-28-25(32)14-13-24-19(2)26-21(4)30-31(27(26)29-20(24)3)23-11-6-5-7-12-23/h5-12,17H,13-16H2,1-4H3,(H,28,32). The van der Waals surface area contributed by atoms with Gasteiger partial charge in [0, 0.05) is 24.0 Å². The molecule has 4 rings (SSSR count). The first kappa shape index (κ1) is 21.8. The summed E-state index contributed by atoms with van der Waals surface area (Å²) >= 11 is 0. The van der Waals surface area contributed by atoms with Gasteiger partial charge in [-0.25, -0.2) is 9.67 Å². The van der Waals surface area contributed by atoms with Crippen molar-refractivity contribution >= 4 is 16.9 Å². The van der Waals surface area contributed by atoms with Crippen molar-refractivity contribution in [1.82, 2.24) is 20.1 Å². The summed E-state index contributed by atoms with van der Waals surface area (Å²) in [6.07, 6.45) is 1.97. The molecule has 5 heteroatoms. The summed E-state index contributed by atoms with van der Waals surface area (Å²) in [6, 6.07) is 18.5. The first-order chi connectivity index (χ1) is 15.4. The van der Waals surface area contributed by atoms with Gasteiger partial charge in [-0.15, -0.1) is 0 Å². The second kappa shape index (κ2) is 9.35. The van der Waals surface area contributed by atoms with E-state index in [0.717, 1.165) is 40.1 Å². The molecule has 32 heavy (non-hydrogen) atoms. The van der Waals surface area contributed by atoms with Crippen LogP contribution in [0.15, 0.2) is 54.6 Å². The summed E-state index contributed by atoms with van der Waals surface area (Å²) in [5, 5.41) is 8.88. The van der Waals surface area contributed by atoms with E-state index in [1.807, 2.05) is 48.9 Å². The number of nitrogens with one attached hydrogen (secondary N) is 1. The number of nitrogens with zero attached hydrogens (tertiary/aromatic N) is 3. The fourth-order valence-electron chi connectivity index (χ4n) is 4.36. The zero-order chi connectivity index (χ0) is 22.7. The molecule has 2 aromatic carbocycles. The molecule has 0 aliphatic heterocycles. The van der Waals surface area contributed by atoms with E-state index in [4.69, 9.17) is 10.1 Å². The molecule has 0 aliphatic rings. The average Bonchev–Trinajstić information content (AvgIpc) is 3.10. The summed E-state index contributed by atoms with van der Waals surface area (Å²) in [5.41, 5.74) is 8.58. The number of hydrogen-bond donors (Lipinski definition) is 1. The van der Waals surface area contributed by atoms with E-state index in [9.17, 15) is 4.79 Å². The molecule has 2 heterocycles. The second-order valence-electron chi connectivity index (χ2n) is 8.42. The van der Waals surface area contributed by atoms with Gasteiger partial charge >= 0.3 is 0 Å². The SMILES string of the molecule is Cc1cccc(CCNC(=O)CCc2c(C)nc3c(c(C)nn3-c3ccccc3)c2C)c1. The van der Waals surface area contributed by atoms with E-state index in [2.05, 4.69) is 43.4 Å². The van der Waals surface area contributed by atoms with Crippen LogP contribution in [0.3, 0.4) is 0 Å². The number of carbonyl (C=O) groups is 1. The molecule has 0 bridgehead atoms. The van der Waals surface area contributed by atoms with Crippen molar-refractivity contribution in [2.24, 2.45) is 0 Å². The molecule has 1 N–H and O–H groups in total. The number of fused-ring (bicyclic) bond motifs is 1. The maximum absolute atomic E-state index is 12.5. The number of aryl methyl sites for hydroxylation is 4. The molecular formula is C27H30N4O. The summed E-state index contributed by atoms with van der Waals surface area (Å²) in [5.74, 6) is 0.0771. The van der Waals surface area contributed by atoms with Crippen LogP contribution in [0.25, 0.3) is 16.7 Å². The van der Waals surface area contributed by atoms with Crippen molar-refractivity contribution < 1.29 is 4.79 Å². The van der Waals surface area contributed by atoms with Crippen molar-refractivity contribution in [3.63, 3.8) is 0 Å². The van der Waals surface area contributed by atoms with Crippen LogP contribution in [0, 0.1) is 27.7 Å². The van der Waals surface area contributed by atoms with Crippen LogP contribution in [-0.4, -0.2) is 27.2 Å². The highest BCUT2D eigenvalue weighted by atomic mass is 16.1. The molecule has 0 aliphatic carbocycles. The highest BCUT2D eigenvalue weighted by Crippen LogP contribution is 2.28. The maximum atomic E-state index is 12.5. The van der Waals surface area contributed by atoms with Gasteiger partial charge in [-0.2, -0.15) is 5.10 Å². The minimum atomic E-state index is 0.0771. The second-order valence-corrected chi connectivity index (χ2v) is 8.42. The predicted octanol–water partition coefficient (Wildman–Crippen LogP) is 4.95. The quantitative estimate of drug-likeness (QED) is 0.455. The molecule has 0 spiro atoms. The Morgan fingerprint density at radius 2 is 1.72 bits per heavy atom. The topological polar surface area (TPSA) is 59.8 Å². The molecule has 0 saturated carbocycles. The molecule has 2 aromatic heterocycles. The molecule has 0 radical (unpaired) electrons. The van der Waals surface area contributed by atoms with E-state index in [0.29, 0.717) is 19.4 Å². The van der Waals surface area contributed by atoms with Crippen LogP contribution in [-0.2, 0) is 17.6 Å². The summed E-state index contributed by atoms with van der Waals surface area (Å²) in [4.78, 5) is 17.4. The maximum Gasteiger partial charge on any atom is 0.220 e. The van der Waals surface area contributed by atoms with Crippen LogP contribution < -0.4 is 5.32 Å². The number of para-hydroxylation sites is 1. The minimum Gasteiger partial charge on any atom is -0.356 e.